The number of carbonyl (C=O) groups is 1. The van der Waals surface area contributed by atoms with Gasteiger partial charge in [0.25, 0.3) is 5.89 Å². The van der Waals surface area contributed by atoms with Gasteiger partial charge in [0.15, 0.2) is 5.82 Å². The summed E-state index contributed by atoms with van der Waals surface area (Å²) in [6.45, 7) is 0.622. The van der Waals surface area contributed by atoms with Crippen LogP contribution in [0.4, 0.5) is 14.5 Å². The molecule has 2 aromatic heterocycles. The van der Waals surface area contributed by atoms with Gasteiger partial charge in [-0.2, -0.15) is 4.98 Å². The molecular weight excluding hydrogens is 542 g/mol. The Balaban J connectivity index is 1.04. The summed E-state index contributed by atoms with van der Waals surface area (Å²) in [5, 5.41) is 7.77. The number of benzene rings is 1. The second-order valence-electron chi connectivity index (χ2n) is 13.7. The standard InChI is InChI=1S/C32H36F2N4O2S/c33-32(34)16-20(17-32)14-26(39)38(24-3-1-2-23(15-24)28-36-27(37-40-28)22-6-7-22)19-30-8-11-31(12-9-30,13-10-30)29-35-25(18-41-29)21-4-5-21/h1-3,15,18,20-22H,4-14,16-17,19H2. The van der Waals surface area contributed by atoms with Gasteiger partial charge in [0.1, 0.15) is 0 Å². The van der Waals surface area contributed by atoms with Crippen molar-refractivity contribution >= 4 is 22.9 Å². The molecule has 0 saturated heterocycles. The van der Waals surface area contributed by atoms with Crippen molar-refractivity contribution in [1.82, 2.24) is 15.1 Å². The molecule has 0 atom stereocenters. The first-order chi connectivity index (χ1) is 19.8. The summed E-state index contributed by atoms with van der Waals surface area (Å²) in [7, 11) is 0. The van der Waals surface area contributed by atoms with Crippen molar-refractivity contribution in [2.45, 2.75) is 107 Å². The molecule has 41 heavy (non-hydrogen) atoms. The van der Waals surface area contributed by atoms with Crippen molar-refractivity contribution in [1.29, 1.82) is 0 Å². The normalized spacial score (nSPS) is 28.9. The fraction of sp³-hybridized carbons (Fsp3) is 0.625. The molecular formula is C32H36F2N4O2S. The second kappa shape index (κ2) is 9.41. The van der Waals surface area contributed by atoms with Crippen LogP contribution in [-0.4, -0.2) is 33.5 Å². The summed E-state index contributed by atoms with van der Waals surface area (Å²) >= 11 is 1.85. The zero-order valence-corrected chi connectivity index (χ0v) is 24.1. The number of amides is 1. The number of anilines is 1. The van der Waals surface area contributed by atoms with E-state index in [-0.39, 0.29) is 41.9 Å². The SMILES string of the molecule is O=C(CC1CC(F)(F)C1)N(CC12CCC(c3nc(C4CC4)cs3)(CC1)CC2)c1cccc(-c2nc(C3CC3)no2)c1. The van der Waals surface area contributed by atoms with Crippen LogP contribution >= 0.6 is 11.3 Å². The Hall–Kier alpha value is -2.68. The molecule has 1 amide bonds. The molecule has 3 aromatic rings. The predicted molar refractivity (Wildman–Crippen MR) is 152 cm³/mol. The van der Waals surface area contributed by atoms with Crippen LogP contribution in [0.3, 0.4) is 0 Å². The Morgan fingerprint density at radius 3 is 2.41 bits per heavy atom. The molecule has 9 rings (SSSR count). The van der Waals surface area contributed by atoms with Gasteiger partial charge < -0.3 is 9.42 Å². The van der Waals surface area contributed by atoms with Crippen LogP contribution in [0.5, 0.6) is 0 Å². The number of nitrogens with zero attached hydrogens (tertiary/aromatic N) is 4. The third-order valence-electron chi connectivity index (χ3n) is 10.6. The maximum atomic E-state index is 13.8. The van der Waals surface area contributed by atoms with Crippen molar-refractivity contribution in [2.75, 3.05) is 11.4 Å². The van der Waals surface area contributed by atoms with E-state index in [1.807, 2.05) is 40.5 Å². The Morgan fingerprint density at radius 2 is 1.73 bits per heavy atom. The van der Waals surface area contributed by atoms with E-state index in [1.54, 1.807) is 0 Å². The van der Waals surface area contributed by atoms with E-state index in [0.717, 1.165) is 68.4 Å². The van der Waals surface area contributed by atoms with Gasteiger partial charge in [-0.15, -0.1) is 11.3 Å². The third kappa shape index (κ3) is 4.92. The number of aromatic nitrogens is 3. The molecule has 2 bridgehead atoms. The van der Waals surface area contributed by atoms with Crippen molar-refractivity contribution in [3.63, 3.8) is 0 Å². The molecule has 0 N–H and O–H groups in total. The van der Waals surface area contributed by atoms with Crippen LogP contribution in [0.1, 0.15) is 112 Å². The molecule has 0 spiro atoms. The molecule has 0 radical (unpaired) electrons. The molecule has 6 fully saturated rings. The summed E-state index contributed by atoms with van der Waals surface area (Å²) < 4.78 is 32.8. The molecule has 216 valence electrons. The molecule has 9 heteroatoms. The minimum atomic E-state index is -2.63. The highest BCUT2D eigenvalue weighted by molar-refractivity contribution is 7.09. The van der Waals surface area contributed by atoms with Crippen molar-refractivity contribution < 1.29 is 18.1 Å². The summed E-state index contributed by atoms with van der Waals surface area (Å²) in [5.41, 5.74) is 3.09. The first-order valence-electron chi connectivity index (χ1n) is 15.4. The quantitative estimate of drug-likeness (QED) is 0.257. The summed E-state index contributed by atoms with van der Waals surface area (Å²) in [5.74, 6) is -0.653. The van der Waals surface area contributed by atoms with E-state index >= 15 is 0 Å². The zero-order valence-electron chi connectivity index (χ0n) is 23.3. The van der Waals surface area contributed by atoms with Gasteiger partial charge in [0.05, 0.1) is 10.7 Å². The minimum Gasteiger partial charge on any atom is -0.334 e. The summed E-state index contributed by atoms with van der Waals surface area (Å²) in [6, 6.07) is 7.77. The minimum absolute atomic E-state index is 0.0389. The van der Waals surface area contributed by atoms with Crippen LogP contribution in [0.15, 0.2) is 34.2 Å². The van der Waals surface area contributed by atoms with Crippen LogP contribution in [0.25, 0.3) is 11.5 Å². The van der Waals surface area contributed by atoms with Crippen LogP contribution < -0.4 is 4.90 Å². The topological polar surface area (TPSA) is 72.1 Å². The number of rotatable bonds is 9. The fourth-order valence-corrected chi connectivity index (χ4v) is 8.72. The number of carbonyl (C=O) groups excluding carboxylic acids is 1. The van der Waals surface area contributed by atoms with E-state index in [2.05, 4.69) is 15.5 Å². The first-order valence-corrected chi connectivity index (χ1v) is 16.3. The van der Waals surface area contributed by atoms with E-state index in [1.165, 1.54) is 23.5 Å². The maximum Gasteiger partial charge on any atom is 0.258 e. The molecule has 1 aromatic carbocycles. The summed E-state index contributed by atoms with van der Waals surface area (Å²) in [6.07, 6.45) is 11.0. The van der Waals surface area contributed by atoms with Crippen molar-refractivity contribution in [2.24, 2.45) is 11.3 Å². The number of hydrogen-bond acceptors (Lipinski definition) is 6. The first kappa shape index (κ1) is 26.0. The number of halogens is 2. The highest BCUT2D eigenvalue weighted by Gasteiger charge is 2.52. The highest BCUT2D eigenvalue weighted by atomic mass is 32.1. The van der Waals surface area contributed by atoms with Gasteiger partial charge >= 0.3 is 0 Å². The monoisotopic (exact) mass is 578 g/mol. The largest absolute Gasteiger partial charge is 0.334 e. The number of thiazole rings is 1. The molecule has 6 nitrogen and oxygen atoms in total. The molecule has 0 unspecified atom stereocenters. The lowest BCUT2D eigenvalue weighted by Crippen LogP contribution is -2.51. The molecule has 0 aliphatic heterocycles. The molecule has 6 aliphatic carbocycles. The Kier molecular flexibility index (Phi) is 5.97. The molecule has 2 heterocycles. The van der Waals surface area contributed by atoms with E-state index in [9.17, 15) is 13.6 Å². The lowest BCUT2D eigenvalue weighted by atomic mass is 9.53. The van der Waals surface area contributed by atoms with Gasteiger partial charge in [-0.1, -0.05) is 11.2 Å². The van der Waals surface area contributed by atoms with Crippen molar-refractivity contribution in [3.05, 3.63) is 46.2 Å². The average Bonchev–Trinajstić information content (AvgIpc) is 3.90. The van der Waals surface area contributed by atoms with Crippen LogP contribution in [-0.2, 0) is 10.2 Å². The van der Waals surface area contributed by atoms with E-state index in [0.29, 0.717) is 24.3 Å². The Labute approximate surface area is 242 Å². The number of fused-ring (bicyclic) bond motifs is 3. The van der Waals surface area contributed by atoms with E-state index in [4.69, 9.17) is 9.51 Å². The van der Waals surface area contributed by atoms with Crippen LogP contribution in [0.2, 0.25) is 0 Å². The van der Waals surface area contributed by atoms with Gasteiger partial charge in [-0.3, -0.25) is 4.79 Å². The second-order valence-corrected chi connectivity index (χ2v) is 14.6. The fourth-order valence-electron chi connectivity index (χ4n) is 7.53. The Morgan fingerprint density at radius 1 is 1.00 bits per heavy atom. The number of hydrogen-bond donors (Lipinski definition) is 0. The predicted octanol–water partition coefficient (Wildman–Crippen LogP) is 8.01. The Bertz CT molecular complexity index is 1440. The van der Waals surface area contributed by atoms with Gasteiger partial charge in [0.2, 0.25) is 11.8 Å². The molecule has 6 aliphatic rings. The zero-order chi connectivity index (χ0) is 27.8. The van der Waals surface area contributed by atoms with E-state index < -0.39 is 5.92 Å². The summed E-state index contributed by atoms with van der Waals surface area (Å²) in [4.78, 5) is 25.4. The number of alkyl halides is 2. The van der Waals surface area contributed by atoms with Gasteiger partial charge in [0, 0.05) is 59.7 Å². The smallest absolute Gasteiger partial charge is 0.258 e. The third-order valence-corrected chi connectivity index (χ3v) is 11.7. The average molecular weight is 579 g/mol. The van der Waals surface area contributed by atoms with Crippen molar-refractivity contribution in [3.8, 4) is 11.5 Å². The maximum absolute atomic E-state index is 13.8. The highest BCUT2D eigenvalue weighted by Crippen LogP contribution is 2.59. The molecule has 6 saturated carbocycles. The lowest BCUT2D eigenvalue weighted by Gasteiger charge is -2.54. The van der Waals surface area contributed by atoms with Crippen LogP contribution in [0, 0.1) is 11.3 Å². The van der Waals surface area contributed by atoms with Gasteiger partial charge in [-0.05, 0) is 93.7 Å². The lowest BCUT2D eigenvalue weighted by molar-refractivity contribution is -0.132. The van der Waals surface area contributed by atoms with Gasteiger partial charge in [-0.25, -0.2) is 13.8 Å².